The van der Waals surface area contributed by atoms with Gasteiger partial charge >= 0.3 is 0 Å². The fourth-order valence-electron chi connectivity index (χ4n) is 3.83. The van der Waals surface area contributed by atoms with Crippen LogP contribution in [0.5, 0.6) is 11.5 Å². The van der Waals surface area contributed by atoms with Crippen LogP contribution < -0.4 is 9.47 Å². The highest BCUT2D eigenvalue weighted by Crippen LogP contribution is 2.35. The number of halogens is 1. The number of nitrogens with zero attached hydrogens (tertiary/aromatic N) is 2. The molecular weight excluding hydrogens is 391 g/mol. The Morgan fingerprint density at radius 1 is 0.839 bits per heavy atom. The van der Waals surface area contributed by atoms with E-state index in [2.05, 4.69) is 6.92 Å². The largest absolute Gasteiger partial charge is 0.497 e. The number of hydrogen-bond acceptors (Lipinski definition) is 3. The van der Waals surface area contributed by atoms with Gasteiger partial charge in [-0.1, -0.05) is 49.4 Å². The molecule has 0 aliphatic rings. The molecule has 0 aliphatic heterocycles. The lowest BCUT2D eigenvalue weighted by molar-refractivity contribution is 0.415. The first-order valence-corrected chi connectivity index (χ1v) is 10.3. The van der Waals surface area contributed by atoms with E-state index in [1.165, 1.54) is 6.07 Å². The molecule has 1 aromatic heterocycles. The van der Waals surface area contributed by atoms with E-state index in [9.17, 15) is 4.39 Å². The van der Waals surface area contributed by atoms with Crippen molar-refractivity contribution in [3.05, 3.63) is 89.7 Å². The molecule has 0 atom stereocenters. The Hall–Kier alpha value is -3.60. The van der Waals surface area contributed by atoms with Crippen LogP contribution in [0.25, 0.3) is 22.5 Å². The van der Waals surface area contributed by atoms with Gasteiger partial charge in [0.2, 0.25) is 0 Å². The second-order valence-electron chi connectivity index (χ2n) is 7.24. The lowest BCUT2D eigenvalue weighted by atomic mass is 9.99. The summed E-state index contributed by atoms with van der Waals surface area (Å²) in [7, 11) is 3.30. The molecule has 4 rings (SSSR count). The van der Waals surface area contributed by atoms with Crippen molar-refractivity contribution in [2.45, 2.75) is 19.9 Å². The fraction of sp³-hybridized carbons (Fsp3) is 0.192. The zero-order chi connectivity index (χ0) is 21.8. The molecule has 4 nitrogen and oxygen atoms in total. The van der Waals surface area contributed by atoms with Gasteiger partial charge in [-0.15, -0.1) is 0 Å². The van der Waals surface area contributed by atoms with Crippen LogP contribution in [0, 0.1) is 5.82 Å². The Kier molecular flexibility index (Phi) is 6.03. The van der Waals surface area contributed by atoms with E-state index in [0.29, 0.717) is 12.1 Å². The van der Waals surface area contributed by atoms with Crippen molar-refractivity contribution < 1.29 is 13.9 Å². The predicted octanol–water partition coefficient (Wildman–Crippen LogP) is 5.98. The SMILES string of the molecule is CCc1c(-c2cccc(OC)c2)nn(Cc2ccccc2F)c1-c1cccc(OC)c1. The van der Waals surface area contributed by atoms with E-state index in [1.807, 2.05) is 59.3 Å². The maximum Gasteiger partial charge on any atom is 0.128 e. The Morgan fingerprint density at radius 3 is 2.13 bits per heavy atom. The zero-order valence-electron chi connectivity index (χ0n) is 17.9. The van der Waals surface area contributed by atoms with Crippen LogP contribution in [0.1, 0.15) is 18.1 Å². The molecular formula is C26H25FN2O2. The first-order valence-electron chi connectivity index (χ1n) is 10.3. The summed E-state index contributed by atoms with van der Waals surface area (Å²) in [5, 5.41) is 4.95. The third-order valence-corrected chi connectivity index (χ3v) is 5.37. The summed E-state index contributed by atoms with van der Waals surface area (Å²) in [6, 6.07) is 22.6. The molecule has 0 bridgehead atoms. The van der Waals surface area contributed by atoms with Crippen molar-refractivity contribution in [1.82, 2.24) is 9.78 Å². The topological polar surface area (TPSA) is 36.3 Å². The van der Waals surface area contributed by atoms with Gasteiger partial charge in [-0.3, -0.25) is 4.68 Å². The van der Waals surface area contributed by atoms with E-state index in [-0.39, 0.29) is 5.82 Å². The summed E-state index contributed by atoms with van der Waals surface area (Å²) in [5.41, 5.74) is 5.46. The van der Waals surface area contributed by atoms with Crippen LogP contribution in [0.4, 0.5) is 4.39 Å². The molecule has 5 heteroatoms. The van der Waals surface area contributed by atoms with E-state index >= 15 is 0 Å². The van der Waals surface area contributed by atoms with Crippen LogP contribution in [0.3, 0.4) is 0 Å². The van der Waals surface area contributed by atoms with Crippen molar-refractivity contribution in [1.29, 1.82) is 0 Å². The summed E-state index contributed by atoms with van der Waals surface area (Å²) in [6.45, 7) is 2.44. The van der Waals surface area contributed by atoms with Crippen molar-refractivity contribution >= 4 is 0 Å². The minimum atomic E-state index is -0.240. The molecule has 0 spiro atoms. The van der Waals surface area contributed by atoms with Gasteiger partial charge in [-0.25, -0.2) is 4.39 Å². The molecule has 0 unspecified atom stereocenters. The van der Waals surface area contributed by atoms with Gasteiger partial charge in [-0.2, -0.15) is 5.10 Å². The van der Waals surface area contributed by atoms with E-state index in [0.717, 1.165) is 46.0 Å². The molecule has 0 saturated carbocycles. The first kappa shape index (κ1) is 20.7. The molecule has 0 N–H and O–H groups in total. The number of hydrogen-bond donors (Lipinski definition) is 0. The van der Waals surface area contributed by atoms with Gasteiger partial charge in [0.25, 0.3) is 0 Å². The van der Waals surface area contributed by atoms with Crippen LogP contribution >= 0.6 is 0 Å². The van der Waals surface area contributed by atoms with Crippen LogP contribution in [-0.4, -0.2) is 24.0 Å². The van der Waals surface area contributed by atoms with Gasteiger partial charge < -0.3 is 9.47 Å². The summed E-state index contributed by atoms with van der Waals surface area (Å²) in [5.74, 6) is 1.29. The van der Waals surface area contributed by atoms with Gasteiger partial charge in [0.15, 0.2) is 0 Å². The third kappa shape index (κ3) is 4.17. The maximum absolute atomic E-state index is 14.5. The van der Waals surface area contributed by atoms with Gasteiger partial charge in [0, 0.05) is 22.3 Å². The molecule has 31 heavy (non-hydrogen) atoms. The van der Waals surface area contributed by atoms with E-state index in [1.54, 1.807) is 26.4 Å². The van der Waals surface area contributed by atoms with Crippen molar-refractivity contribution in [2.75, 3.05) is 14.2 Å². The van der Waals surface area contributed by atoms with Crippen LogP contribution in [-0.2, 0) is 13.0 Å². The zero-order valence-corrected chi connectivity index (χ0v) is 17.9. The van der Waals surface area contributed by atoms with Gasteiger partial charge in [0.05, 0.1) is 32.2 Å². The number of methoxy groups -OCH3 is 2. The molecule has 158 valence electrons. The highest BCUT2D eigenvalue weighted by Gasteiger charge is 2.21. The number of rotatable bonds is 7. The lowest BCUT2D eigenvalue weighted by Gasteiger charge is -2.11. The fourth-order valence-corrected chi connectivity index (χ4v) is 3.83. The van der Waals surface area contributed by atoms with Crippen molar-refractivity contribution in [3.63, 3.8) is 0 Å². The minimum absolute atomic E-state index is 0.240. The highest BCUT2D eigenvalue weighted by atomic mass is 19.1. The molecule has 0 aliphatic carbocycles. The van der Waals surface area contributed by atoms with E-state index < -0.39 is 0 Å². The number of ether oxygens (including phenoxy) is 2. The number of benzene rings is 3. The Morgan fingerprint density at radius 2 is 1.48 bits per heavy atom. The monoisotopic (exact) mass is 416 g/mol. The minimum Gasteiger partial charge on any atom is -0.497 e. The lowest BCUT2D eigenvalue weighted by Crippen LogP contribution is -2.06. The highest BCUT2D eigenvalue weighted by molar-refractivity contribution is 5.76. The van der Waals surface area contributed by atoms with Crippen molar-refractivity contribution in [3.8, 4) is 34.0 Å². The third-order valence-electron chi connectivity index (χ3n) is 5.37. The summed E-state index contributed by atoms with van der Waals surface area (Å²) in [6.07, 6.45) is 0.774. The molecule has 4 aromatic rings. The average Bonchev–Trinajstić information content (AvgIpc) is 3.18. The molecule has 0 fully saturated rings. The normalized spacial score (nSPS) is 10.8. The molecule has 3 aromatic carbocycles. The summed E-state index contributed by atoms with van der Waals surface area (Å²) in [4.78, 5) is 0. The Balaban J connectivity index is 1.93. The summed E-state index contributed by atoms with van der Waals surface area (Å²) >= 11 is 0. The van der Waals surface area contributed by atoms with Crippen molar-refractivity contribution in [2.24, 2.45) is 0 Å². The number of aromatic nitrogens is 2. The molecule has 0 saturated heterocycles. The molecule has 0 radical (unpaired) electrons. The van der Waals surface area contributed by atoms with Gasteiger partial charge in [-0.05, 0) is 36.8 Å². The summed E-state index contributed by atoms with van der Waals surface area (Å²) < 4.78 is 27.2. The van der Waals surface area contributed by atoms with Crippen LogP contribution in [0.15, 0.2) is 72.8 Å². The second-order valence-corrected chi connectivity index (χ2v) is 7.24. The second kappa shape index (κ2) is 9.04. The van der Waals surface area contributed by atoms with Gasteiger partial charge in [0.1, 0.15) is 17.3 Å². The smallest absolute Gasteiger partial charge is 0.128 e. The predicted molar refractivity (Wildman–Crippen MR) is 121 cm³/mol. The maximum atomic E-state index is 14.5. The standard InChI is InChI=1S/C26H25FN2O2/c1-4-23-25(18-10-7-12-21(15-18)30-2)28-29(17-20-9-5-6-14-24(20)27)26(23)19-11-8-13-22(16-19)31-3/h5-16H,4,17H2,1-3H3. The first-order chi connectivity index (χ1) is 15.1. The van der Waals surface area contributed by atoms with E-state index in [4.69, 9.17) is 14.6 Å². The molecule has 0 amide bonds. The average molecular weight is 416 g/mol. The quantitative estimate of drug-likeness (QED) is 0.372. The molecule has 1 heterocycles. The Labute approximate surface area is 181 Å². The Bertz CT molecular complexity index is 1200. The van der Waals surface area contributed by atoms with Crippen LogP contribution in [0.2, 0.25) is 0 Å².